The zero-order chi connectivity index (χ0) is 11.7. The molecule has 0 unspecified atom stereocenters. The number of nitrogens with zero attached hydrogens (tertiary/aromatic N) is 1. The molecular weight excluding hydrogens is 206 g/mol. The summed E-state index contributed by atoms with van der Waals surface area (Å²) in [5, 5.41) is 9.72. The van der Waals surface area contributed by atoms with Crippen LogP contribution in [0.15, 0.2) is 28.7 Å². The molecule has 2 aromatic rings. The fourth-order valence-electron chi connectivity index (χ4n) is 1.71. The Balaban J connectivity index is 2.54. The highest BCUT2D eigenvalue weighted by Crippen LogP contribution is 2.23. The summed E-state index contributed by atoms with van der Waals surface area (Å²) in [6, 6.07) is 7.21. The summed E-state index contributed by atoms with van der Waals surface area (Å²) >= 11 is 0. The van der Waals surface area contributed by atoms with Gasteiger partial charge in [0.15, 0.2) is 0 Å². The number of hydrogen-bond acceptors (Lipinski definition) is 3. The second kappa shape index (κ2) is 3.98. The van der Waals surface area contributed by atoms with Gasteiger partial charge in [-0.15, -0.1) is 0 Å². The Hall–Kier alpha value is -1.81. The van der Waals surface area contributed by atoms with E-state index in [9.17, 15) is 4.79 Å². The number of furan rings is 1. The van der Waals surface area contributed by atoms with Gasteiger partial charge in [0.1, 0.15) is 5.58 Å². The normalized spacial score (nSPS) is 11.2. The van der Waals surface area contributed by atoms with Crippen LogP contribution in [0, 0.1) is 0 Å². The van der Waals surface area contributed by atoms with Crippen molar-refractivity contribution in [1.82, 2.24) is 4.90 Å². The molecule has 0 saturated heterocycles. The highest BCUT2D eigenvalue weighted by molar-refractivity contribution is 5.92. The van der Waals surface area contributed by atoms with Crippen LogP contribution in [0.1, 0.15) is 16.1 Å². The topological polar surface area (TPSA) is 53.7 Å². The molecule has 0 aliphatic carbocycles. The number of carboxylic acids is 1. The van der Waals surface area contributed by atoms with Crippen molar-refractivity contribution in [2.45, 2.75) is 6.54 Å². The molecule has 0 bridgehead atoms. The highest BCUT2D eigenvalue weighted by Gasteiger charge is 2.12. The zero-order valence-corrected chi connectivity index (χ0v) is 9.23. The number of benzene rings is 1. The number of rotatable bonds is 3. The van der Waals surface area contributed by atoms with Gasteiger partial charge in [0, 0.05) is 11.9 Å². The van der Waals surface area contributed by atoms with Crippen LogP contribution in [0.25, 0.3) is 11.0 Å². The first kappa shape index (κ1) is 10.7. The minimum absolute atomic E-state index is 0.0128. The standard InChI is InChI=1S/C12H13NO3/c1-13(2)7-8-4-3-5-10-9(8)6-11(16-10)12(14)15/h3-6H,7H2,1-2H3,(H,14,15). The predicted molar refractivity (Wildman–Crippen MR) is 60.6 cm³/mol. The van der Waals surface area contributed by atoms with Gasteiger partial charge in [-0.1, -0.05) is 12.1 Å². The number of hydrogen-bond donors (Lipinski definition) is 1. The second-order valence-corrected chi connectivity index (χ2v) is 3.98. The monoisotopic (exact) mass is 219 g/mol. The average Bonchev–Trinajstić information content (AvgIpc) is 2.61. The van der Waals surface area contributed by atoms with Crippen LogP contribution in [-0.4, -0.2) is 30.1 Å². The third-order valence-electron chi connectivity index (χ3n) is 2.35. The molecule has 4 heteroatoms. The molecule has 1 aromatic carbocycles. The van der Waals surface area contributed by atoms with Crippen molar-refractivity contribution < 1.29 is 14.3 Å². The summed E-state index contributed by atoms with van der Waals surface area (Å²) in [7, 11) is 3.94. The number of carbonyl (C=O) groups is 1. The predicted octanol–water partition coefficient (Wildman–Crippen LogP) is 2.19. The summed E-state index contributed by atoms with van der Waals surface area (Å²) in [6.07, 6.45) is 0. The van der Waals surface area contributed by atoms with E-state index in [0.29, 0.717) is 5.58 Å². The lowest BCUT2D eigenvalue weighted by molar-refractivity contribution is 0.0665. The Kier molecular flexibility index (Phi) is 2.66. The smallest absolute Gasteiger partial charge is 0.371 e. The maximum Gasteiger partial charge on any atom is 0.371 e. The van der Waals surface area contributed by atoms with Crippen molar-refractivity contribution in [3.8, 4) is 0 Å². The quantitative estimate of drug-likeness (QED) is 0.859. The second-order valence-electron chi connectivity index (χ2n) is 3.98. The summed E-state index contributed by atoms with van der Waals surface area (Å²) < 4.78 is 5.23. The SMILES string of the molecule is CN(C)Cc1cccc2oc(C(=O)O)cc12. The maximum atomic E-state index is 10.8. The molecule has 0 aliphatic heterocycles. The first-order valence-corrected chi connectivity index (χ1v) is 4.97. The Morgan fingerprint density at radius 1 is 1.44 bits per heavy atom. The molecule has 0 amide bonds. The molecule has 0 atom stereocenters. The molecule has 84 valence electrons. The molecule has 16 heavy (non-hydrogen) atoms. The molecule has 2 rings (SSSR count). The molecule has 1 N–H and O–H groups in total. The largest absolute Gasteiger partial charge is 0.475 e. The van der Waals surface area contributed by atoms with Gasteiger partial charge in [0.25, 0.3) is 0 Å². The number of aromatic carboxylic acids is 1. The molecule has 0 fully saturated rings. The van der Waals surface area contributed by atoms with Crippen molar-refractivity contribution >= 4 is 16.9 Å². The van der Waals surface area contributed by atoms with Crippen LogP contribution >= 0.6 is 0 Å². The molecule has 0 spiro atoms. The lowest BCUT2D eigenvalue weighted by Gasteiger charge is -2.09. The van der Waals surface area contributed by atoms with Crippen molar-refractivity contribution in [3.63, 3.8) is 0 Å². The summed E-state index contributed by atoms with van der Waals surface area (Å²) in [4.78, 5) is 12.8. The lowest BCUT2D eigenvalue weighted by Crippen LogP contribution is -2.10. The van der Waals surface area contributed by atoms with E-state index in [1.165, 1.54) is 0 Å². The van der Waals surface area contributed by atoms with E-state index in [-0.39, 0.29) is 5.76 Å². The van der Waals surface area contributed by atoms with Crippen LogP contribution in [0.5, 0.6) is 0 Å². The fraction of sp³-hybridized carbons (Fsp3) is 0.250. The van der Waals surface area contributed by atoms with Gasteiger partial charge in [-0.2, -0.15) is 0 Å². The molecule has 0 aliphatic rings. The zero-order valence-electron chi connectivity index (χ0n) is 9.23. The van der Waals surface area contributed by atoms with Crippen LogP contribution in [0.3, 0.4) is 0 Å². The molecule has 1 heterocycles. The van der Waals surface area contributed by atoms with Gasteiger partial charge in [-0.25, -0.2) is 4.79 Å². The van der Waals surface area contributed by atoms with E-state index in [0.717, 1.165) is 17.5 Å². The first-order chi connectivity index (χ1) is 7.58. The van der Waals surface area contributed by atoms with E-state index in [2.05, 4.69) is 0 Å². The van der Waals surface area contributed by atoms with Crippen molar-refractivity contribution in [2.24, 2.45) is 0 Å². The number of fused-ring (bicyclic) bond motifs is 1. The van der Waals surface area contributed by atoms with Crippen LogP contribution in [0.4, 0.5) is 0 Å². The van der Waals surface area contributed by atoms with Gasteiger partial charge in [-0.05, 0) is 31.8 Å². The van der Waals surface area contributed by atoms with Gasteiger partial charge in [-0.3, -0.25) is 0 Å². The van der Waals surface area contributed by atoms with Gasteiger partial charge < -0.3 is 14.4 Å². The molecular formula is C12H13NO3. The summed E-state index contributed by atoms with van der Waals surface area (Å²) in [5.41, 5.74) is 1.69. The van der Waals surface area contributed by atoms with E-state index in [1.54, 1.807) is 12.1 Å². The molecule has 4 nitrogen and oxygen atoms in total. The minimum atomic E-state index is -1.04. The van der Waals surface area contributed by atoms with Crippen molar-refractivity contribution in [1.29, 1.82) is 0 Å². The van der Waals surface area contributed by atoms with Crippen LogP contribution in [0.2, 0.25) is 0 Å². The fourth-order valence-corrected chi connectivity index (χ4v) is 1.71. The summed E-state index contributed by atoms with van der Waals surface area (Å²) in [5.74, 6) is -1.05. The van der Waals surface area contributed by atoms with Gasteiger partial charge >= 0.3 is 5.97 Å². The van der Waals surface area contributed by atoms with Gasteiger partial charge in [0.05, 0.1) is 0 Å². The van der Waals surface area contributed by atoms with E-state index in [1.807, 2.05) is 31.1 Å². The molecule has 1 aromatic heterocycles. The van der Waals surface area contributed by atoms with Crippen LogP contribution < -0.4 is 0 Å². The van der Waals surface area contributed by atoms with E-state index >= 15 is 0 Å². The van der Waals surface area contributed by atoms with Crippen molar-refractivity contribution in [2.75, 3.05) is 14.1 Å². The average molecular weight is 219 g/mol. The Labute approximate surface area is 93.1 Å². The third kappa shape index (κ3) is 1.92. The first-order valence-electron chi connectivity index (χ1n) is 4.97. The third-order valence-corrected chi connectivity index (χ3v) is 2.35. The van der Waals surface area contributed by atoms with E-state index < -0.39 is 5.97 Å². The Morgan fingerprint density at radius 3 is 2.81 bits per heavy atom. The van der Waals surface area contributed by atoms with Crippen LogP contribution in [-0.2, 0) is 6.54 Å². The van der Waals surface area contributed by atoms with Crippen molar-refractivity contribution in [3.05, 3.63) is 35.6 Å². The Morgan fingerprint density at radius 2 is 2.19 bits per heavy atom. The van der Waals surface area contributed by atoms with E-state index in [4.69, 9.17) is 9.52 Å². The molecule has 0 saturated carbocycles. The van der Waals surface area contributed by atoms with Gasteiger partial charge in [0.2, 0.25) is 5.76 Å². The summed E-state index contributed by atoms with van der Waals surface area (Å²) in [6.45, 7) is 0.760. The minimum Gasteiger partial charge on any atom is -0.475 e. The Bertz CT molecular complexity index is 528. The highest BCUT2D eigenvalue weighted by atomic mass is 16.4. The number of carboxylic acid groups (broad SMARTS) is 1. The maximum absolute atomic E-state index is 10.8. The molecule has 0 radical (unpaired) electrons. The lowest BCUT2D eigenvalue weighted by atomic mass is 10.1.